The first kappa shape index (κ1) is 21.2. The molecular weight excluding hydrogens is 366 g/mol. The summed E-state index contributed by atoms with van der Waals surface area (Å²) in [5.41, 5.74) is 0.806. The van der Waals surface area contributed by atoms with Crippen molar-refractivity contribution in [3.05, 3.63) is 28.8 Å². The Labute approximate surface area is 165 Å². The lowest BCUT2D eigenvalue weighted by Gasteiger charge is -2.34. The molecule has 2 N–H and O–H groups in total. The van der Waals surface area contributed by atoms with E-state index in [-0.39, 0.29) is 24.4 Å². The van der Waals surface area contributed by atoms with Crippen LogP contribution in [0.3, 0.4) is 0 Å². The summed E-state index contributed by atoms with van der Waals surface area (Å²) in [6.07, 6.45) is 0.911. The summed E-state index contributed by atoms with van der Waals surface area (Å²) in [6, 6.07) is 7.01. The van der Waals surface area contributed by atoms with Gasteiger partial charge in [-0.25, -0.2) is 0 Å². The molecule has 1 aromatic rings. The highest BCUT2D eigenvalue weighted by atomic mass is 35.5. The Bertz CT molecular complexity index is 711. The van der Waals surface area contributed by atoms with Crippen molar-refractivity contribution in [3.63, 3.8) is 0 Å². The van der Waals surface area contributed by atoms with E-state index in [1.54, 1.807) is 18.2 Å². The van der Waals surface area contributed by atoms with Crippen molar-refractivity contribution in [1.82, 2.24) is 15.1 Å². The van der Waals surface area contributed by atoms with Gasteiger partial charge in [0.25, 0.3) is 0 Å². The molecule has 0 radical (unpaired) electrons. The number of nitriles is 1. The average molecular weight is 392 g/mol. The Morgan fingerprint density at radius 2 is 1.78 bits per heavy atom. The van der Waals surface area contributed by atoms with Gasteiger partial charge in [0.2, 0.25) is 11.8 Å². The van der Waals surface area contributed by atoms with Crippen LogP contribution < -0.4 is 10.6 Å². The molecule has 146 valence electrons. The van der Waals surface area contributed by atoms with Crippen molar-refractivity contribution >= 4 is 29.1 Å². The molecule has 2 rings (SSSR count). The molecule has 1 atom stereocenters. The fourth-order valence-corrected chi connectivity index (χ4v) is 3.01. The SMILES string of the molecule is CCC(C)NC(=O)CN1CCN(CC(=O)Nc2cc(Cl)ccc2C#N)CC1. The van der Waals surface area contributed by atoms with Crippen LogP contribution >= 0.6 is 11.6 Å². The third-order valence-corrected chi connectivity index (χ3v) is 4.83. The summed E-state index contributed by atoms with van der Waals surface area (Å²) >= 11 is 5.94. The normalized spacial score (nSPS) is 16.4. The Hall–Kier alpha value is -2.14. The van der Waals surface area contributed by atoms with E-state index in [9.17, 15) is 9.59 Å². The zero-order valence-corrected chi connectivity index (χ0v) is 16.6. The average Bonchev–Trinajstić information content (AvgIpc) is 2.63. The smallest absolute Gasteiger partial charge is 0.238 e. The second kappa shape index (κ2) is 10.3. The topological polar surface area (TPSA) is 88.5 Å². The molecule has 2 amide bonds. The molecule has 1 saturated heterocycles. The lowest BCUT2D eigenvalue weighted by molar-refractivity contribution is -0.124. The summed E-state index contributed by atoms with van der Waals surface area (Å²) < 4.78 is 0. The second-order valence-corrected chi connectivity index (χ2v) is 7.22. The van der Waals surface area contributed by atoms with Gasteiger partial charge in [-0.05, 0) is 31.5 Å². The molecule has 0 spiro atoms. The van der Waals surface area contributed by atoms with Crippen LogP contribution in [-0.2, 0) is 9.59 Å². The van der Waals surface area contributed by atoms with Crippen molar-refractivity contribution in [2.75, 3.05) is 44.6 Å². The van der Waals surface area contributed by atoms with Crippen LogP contribution in [0.5, 0.6) is 0 Å². The molecule has 27 heavy (non-hydrogen) atoms. The molecule has 0 aliphatic carbocycles. The van der Waals surface area contributed by atoms with Crippen molar-refractivity contribution < 1.29 is 9.59 Å². The number of halogens is 1. The van der Waals surface area contributed by atoms with Gasteiger partial charge in [0.1, 0.15) is 6.07 Å². The van der Waals surface area contributed by atoms with Gasteiger partial charge in [-0.3, -0.25) is 19.4 Å². The van der Waals surface area contributed by atoms with E-state index >= 15 is 0 Å². The van der Waals surface area contributed by atoms with Crippen LogP contribution in [0.4, 0.5) is 5.69 Å². The van der Waals surface area contributed by atoms with Gasteiger partial charge in [0, 0.05) is 37.2 Å². The quantitative estimate of drug-likeness (QED) is 0.738. The molecule has 8 heteroatoms. The molecule has 1 aliphatic rings. The van der Waals surface area contributed by atoms with Gasteiger partial charge in [0.05, 0.1) is 24.3 Å². The highest BCUT2D eigenvalue weighted by Crippen LogP contribution is 2.20. The van der Waals surface area contributed by atoms with E-state index in [0.29, 0.717) is 35.9 Å². The lowest BCUT2D eigenvalue weighted by Crippen LogP contribution is -2.51. The van der Waals surface area contributed by atoms with Gasteiger partial charge in [-0.2, -0.15) is 5.26 Å². The molecule has 7 nitrogen and oxygen atoms in total. The van der Waals surface area contributed by atoms with E-state index in [1.807, 2.05) is 24.8 Å². The third kappa shape index (κ3) is 6.83. The molecule has 1 aliphatic heterocycles. The van der Waals surface area contributed by atoms with Crippen LogP contribution in [0.15, 0.2) is 18.2 Å². The maximum atomic E-state index is 12.3. The number of carbonyl (C=O) groups is 2. The van der Waals surface area contributed by atoms with E-state index in [4.69, 9.17) is 16.9 Å². The van der Waals surface area contributed by atoms with Crippen molar-refractivity contribution in [2.45, 2.75) is 26.3 Å². The van der Waals surface area contributed by atoms with Crippen molar-refractivity contribution in [2.24, 2.45) is 0 Å². The van der Waals surface area contributed by atoms with Crippen LogP contribution in [0, 0.1) is 11.3 Å². The molecular formula is C19H26ClN5O2. The monoisotopic (exact) mass is 391 g/mol. The zero-order valence-electron chi connectivity index (χ0n) is 15.8. The minimum Gasteiger partial charge on any atom is -0.353 e. The Morgan fingerprint density at radius 1 is 1.19 bits per heavy atom. The fourth-order valence-electron chi connectivity index (χ4n) is 2.84. The van der Waals surface area contributed by atoms with Crippen LogP contribution in [0.1, 0.15) is 25.8 Å². The number of rotatable bonds is 7. The molecule has 1 aromatic carbocycles. The van der Waals surface area contributed by atoms with Gasteiger partial charge < -0.3 is 10.6 Å². The summed E-state index contributed by atoms with van der Waals surface area (Å²) in [5.74, 6) is -0.141. The van der Waals surface area contributed by atoms with E-state index in [0.717, 1.165) is 19.5 Å². The zero-order chi connectivity index (χ0) is 19.8. The molecule has 1 heterocycles. The van der Waals surface area contributed by atoms with E-state index in [2.05, 4.69) is 15.5 Å². The largest absolute Gasteiger partial charge is 0.353 e. The summed E-state index contributed by atoms with van der Waals surface area (Å²) in [6.45, 7) is 7.56. The minimum atomic E-state index is -0.184. The number of hydrogen-bond donors (Lipinski definition) is 2. The minimum absolute atomic E-state index is 0.0422. The van der Waals surface area contributed by atoms with E-state index < -0.39 is 0 Å². The van der Waals surface area contributed by atoms with Crippen LogP contribution in [0.2, 0.25) is 5.02 Å². The predicted octanol–water partition coefficient (Wildman–Crippen LogP) is 1.68. The van der Waals surface area contributed by atoms with E-state index in [1.165, 1.54) is 0 Å². The number of nitrogens with zero attached hydrogens (tertiary/aromatic N) is 3. The number of amides is 2. The highest BCUT2D eigenvalue weighted by molar-refractivity contribution is 6.31. The number of piperazine rings is 1. The van der Waals surface area contributed by atoms with Gasteiger partial charge in [-0.15, -0.1) is 0 Å². The molecule has 0 bridgehead atoms. The summed E-state index contributed by atoms with van der Waals surface area (Å²) in [4.78, 5) is 28.4. The number of nitrogens with one attached hydrogen (secondary N) is 2. The first-order chi connectivity index (χ1) is 12.9. The van der Waals surface area contributed by atoms with Gasteiger partial charge in [-0.1, -0.05) is 18.5 Å². The number of carbonyl (C=O) groups excluding carboxylic acids is 2. The first-order valence-electron chi connectivity index (χ1n) is 9.14. The number of anilines is 1. The summed E-state index contributed by atoms with van der Waals surface area (Å²) in [5, 5.41) is 15.3. The van der Waals surface area contributed by atoms with Crippen molar-refractivity contribution in [1.29, 1.82) is 5.26 Å². The first-order valence-corrected chi connectivity index (χ1v) is 9.52. The standard InChI is InChI=1S/C19H26ClN5O2/c1-3-14(2)22-18(26)12-24-6-8-25(9-7-24)13-19(27)23-17-10-16(20)5-4-15(17)11-21/h4-5,10,14H,3,6-9,12-13H2,1-2H3,(H,22,26)(H,23,27). The molecule has 1 fully saturated rings. The van der Waals surface area contributed by atoms with Crippen molar-refractivity contribution in [3.8, 4) is 6.07 Å². The maximum absolute atomic E-state index is 12.3. The number of hydrogen-bond acceptors (Lipinski definition) is 5. The molecule has 0 aromatic heterocycles. The van der Waals surface area contributed by atoms with Crippen LogP contribution in [-0.4, -0.2) is 66.9 Å². The second-order valence-electron chi connectivity index (χ2n) is 6.78. The van der Waals surface area contributed by atoms with Crippen LogP contribution in [0.25, 0.3) is 0 Å². The Balaban J connectivity index is 1.77. The molecule has 1 unspecified atom stereocenters. The fraction of sp³-hybridized carbons (Fsp3) is 0.526. The highest BCUT2D eigenvalue weighted by Gasteiger charge is 2.21. The predicted molar refractivity (Wildman–Crippen MR) is 106 cm³/mol. The third-order valence-electron chi connectivity index (χ3n) is 4.60. The summed E-state index contributed by atoms with van der Waals surface area (Å²) in [7, 11) is 0. The van der Waals surface area contributed by atoms with Gasteiger partial charge in [0.15, 0.2) is 0 Å². The lowest BCUT2D eigenvalue weighted by atomic mass is 10.2. The maximum Gasteiger partial charge on any atom is 0.238 e. The Kier molecular flexibility index (Phi) is 8.04. The van der Waals surface area contributed by atoms with Gasteiger partial charge >= 0.3 is 0 Å². The molecule has 0 saturated carbocycles. The number of benzene rings is 1. The Morgan fingerprint density at radius 3 is 2.33 bits per heavy atom.